The maximum Gasteiger partial charge on any atom is 0.215 e. The predicted octanol–water partition coefficient (Wildman–Crippen LogP) is 1.04. The van der Waals surface area contributed by atoms with Crippen LogP contribution in [0.4, 0.5) is 0 Å². The molecule has 0 saturated carbocycles. The van der Waals surface area contributed by atoms with E-state index in [0.29, 0.717) is 19.0 Å². The molecule has 1 aliphatic rings. The highest BCUT2D eigenvalue weighted by atomic mass is 127. The molecule has 0 atom stereocenters. The van der Waals surface area contributed by atoms with Crippen molar-refractivity contribution in [3.05, 3.63) is 24.5 Å². The lowest BCUT2D eigenvalue weighted by molar-refractivity contribution is 0.444. The second-order valence-corrected chi connectivity index (χ2v) is 8.75. The predicted molar refractivity (Wildman–Crippen MR) is 117 cm³/mol. The van der Waals surface area contributed by atoms with Gasteiger partial charge in [0.05, 0.1) is 12.3 Å². The number of aliphatic imine (C=N–C) groups is 1. The Labute approximate surface area is 172 Å². The van der Waals surface area contributed by atoms with E-state index in [1.807, 2.05) is 31.5 Å². The van der Waals surface area contributed by atoms with Crippen LogP contribution in [0.25, 0.3) is 0 Å². The van der Waals surface area contributed by atoms with Crippen LogP contribution in [0, 0.1) is 0 Å². The fourth-order valence-electron chi connectivity index (χ4n) is 2.39. The number of nitrogens with zero attached hydrogens (tertiary/aromatic N) is 3. The van der Waals surface area contributed by atoms with Crippen LogP contribution in [-0.4, -0.2) is 73.2 Å². The largest absolute Gasteiger partial charge is 0.357 e. The second-order valence-electron chi connectivity index (χ2n) is 5.44. The molecule has 0 aliphatic carbocycles. The molecule has 1 aromatic heterocycles. The molecule has 25 heavy (non-hydrogen) atoms. The van der Waals surface area contributed by atoms with Gasteiger partial charge in [0.2, 0.25) is 10.0 Å². The first-order valence-electron chi connectivity index (χ1n) is 8.30. The number of guanidine groups is 1. The van der Waals surface area contributed by atoms with E-state index in [9.17, 15) is 8.42 Å². The molecular weight excluding hydrogens is 473 g/mol. The summed E-state index contributed by atoms with van der Waals surface area (Å²) >= 11 is 1.80. The standard InChI is InChI=1S/C15H27N5O2S2.HI/c1-2-16-15(17-5-9-19-7-3-4-8-19)18-6-14-24(21,22)20-10-12-23-13-11-20;/h3-4,7-8H,2,5-6,9-14H2,1H3,(H2,16,17,18);1H. The summed E-state index contributed by atoms with van der Waals surface area (Å²) in [5.41, 5.74) is 0. The summed E-state index contributed by atoms with van der Waals surface area (Å²) in [6.45, 7) is 5.80. The van der Waals surface area contributed by atoms with E-state index in [-0.39, 0.29) is 36.3 Å². The van der Waals surface area contributed by atoms with E-state index in [2.05, 4.69) is 20.2 Å². The van der Waals surface area contributed by atoms with Crippen LogP contribution in [0.3, 0.4) is 0 Å². The number of nitrogens with one attached hydrogen (secondary N) is 2. The Morgan fingerprint density at radius 1 is 1.20 bits per heavy atom. The van der Waals surface area contributed by atoms with Gasteiger partial charge in [0.15, 0.2) is 5.96 Å². The van der Waals surface area contributed by atoms with Gasteiger partial charge in [-0.1, -0.05) is 0 Å². The molecule has 1 saturated heterocycles. The van der Waals surface area contributed by atoms with Crippen molar-refractivity contribution in [2.45, 2.75) is 13.5 Å². The van der Waals surface area contributed by atoms with Crippen molar-refractivity contribution >= 4 is 51.7 Å². The molecule has 10 heteroatoms. The molecule has 0 spiro atoms. The molecule has 0 aromatic carbocycles. The third-order valence-corrected chi connectivity index (χ3v) is 6.45. The van der Waals surface area contributed by atoms with Crippen LogP contribution < -0.4 is 10.6 Å². The van der Waals surface area contributed by atoms with Crippen molar-refractivity contribution in [1.29, 1.82) is 0 Å². The minimum Gasteiger partial charge on any atom is -0.357 e. The molecule has 0 bridgehead atoms. The number of halogens is 1. The normalized spacial score (nSPS) is 16.3. The molecule has 2 N–H and O–H groups in total. The number of aromatic nitrogens is 1. The van der Waals surface area contributed by atoms with E-state index in [1.54, 1.807) is 16.1 Å². The van der Waals surface area contributed by atoms with Gasteiger partial charge >= 0.3 is 0 Å². The van der Waals surface area contributed by atoms with Gasteiger partial charge < -0.3 is 15.2 Å². The van der Waals surface area contributed by atoms with Crippen molar-refractivity contribution in [3.8, 4) is 0 Å². The first kappa shape index (κ1) is 22.6. The first-order valence-corrected chi connectivity index (χ1v) is 11.1. The highest BCUT2D eigenvalue weighted by molar-refractivity contribution is 14.0. The van der Waals surface area contributed by atoms with Gasteiger partial charge in [0.25, 0.3) is 0 Å². The summed E-state index contributed by atoms with van der Waals surface area (Å²) < 4.78 is 28.3. The molecular formula is C15H28IN5O2S2. The van der Waals surface area contributed by atoms with Crippen molar-refractivity contribution in [1.82, 2.24) is 19.5 Å². The van der Waals surface area contributed by atoms with E-state index in [1.165, 1.54) is 0 Å². The highest BCUT2D eigenvalue weighted by Crippen LogP contribution is 2.13. The fourth-order valence-corrected chi connectivity index (χ4v) is 4.84. The lowest BCUT2D eigenvalue weighted by Gasteiger charge is -2.25. The van der Waals surface area contributed by atoms with Crippen LogP contribution in [0.15, 0.2) is 29.5 Å². The Kier molecular flexibility index (Phi) is 10.9. The van der Waals surface area contributed by atoms with E-state index in [0.717, 1.165) is 31.1 Å². The first-order chi connectivity index (χ1) is 11.6. The Bertz CT molecular complexity index is 601. The van der Waals surface area contributed by atoms with Crippen LogP contribution in [-0.2, 0) is 16.6 Å². The summed E-state index contributed by atoms with van der Waals surface area (Å²) in [5.74, 6) is 2.48. The van der Waals surface area contributed by atoms with Gasteiger partial charge in [-0.2, -0.15) is 11.8 Å². The van der Waals surface area contributed by atoms with Crippen LogP contribution in [0.5, 0.6) is 0 Å². The van der Waals surface area contributed by atoms with Crippen molar-refractivity contribution in [2.75, 3.05) is 50.0 Å². The molecule has 7 nitrogen and oxygen atoms in total. The monoisotopic (exact) mass is 501 g/mol. The summed E-state index contributed by atoms with van der Waals surface area (Å²) in [4.78, 5) is 4.39. The van der Waals surface area contributed by atoms with Gasteiger partial charge in [0, 0.05) is 56.6 Å². The van der Waals surface area contributed by atoms with Crippen LogP contribution in [0.2, 0.25) is 0 Å². The van der Waals surface area contributed by atoms with E-state index >= 15 is 0 Å². The zero-order valence-electron chi connectivity index (χ0n) is 14.6. The van der Waals surface area contributed by atoms with Crippen molar-refractivity contribution in [3.63, 3.8) is 0 Å². The average Bonchev–Trinajstić information content (AvgIpc) is 3.09. The third-order valence-electron chi connectivity index (χ3n) is 3.66. The van der Waals surface area contributed by atoms with E-state index in [4.69, 9.17) is 0 Å². The maximum atomic E-state index is 12.3. The number of sulfonamides is 1. The second kappa shape index (κ2) is 12.0. The molecule has 1 aromatic rings. The van der Waals surface area contributed by atoms with Gasteiger partial charge in [-0.05, 0) is 19.1 Å². The molecule has 144 valence electrons. The Morgan fingerprint density at radius 3 is 2.52 bits per heavy atom. The van der Waals surface area contributed by atoms with Gasteiger partial charge in [-0.3, -0.25) is 4.99 Å². The minimum atomic E-state index is -3.20. The quantitative estimate of drug-likeness (QED) is 0.316. The van der Waals surface area contributed by atoms with Gasteiger partial charge in [0.1, 0.15) is 0 Å². The fraction of sp³-hybridized carbons (Fsp3) is 0.667. The molecule has 1 aliphatic heterocycles. The van der Waals surface area contributed by atoms with Crippen molar-refractivity contribution < 1.29 is 8.42 Å². The highest BCUT2D eigenvalue weighted by Gasteiger charge is 2.23. The summed E-state index contributed by atoms with van der Waals surface area (Å²) in [5, 5.41) is 6.38. The summed E-state index contributed by atoms with van der Waals surface area (Å²) in [6.07, 6.45) is 4.02. The zero-order valence-corrected chi connectivity index (χ0v) is 18.5. The Balaban J connectivity index is 0.00000312. The molecule has 2 heterocycles. The summed E-state index contributed by atoms with van der Waals surface area (Å²) in [6, 6.07) is 3.98. The topological polar surface area (TPSA) is 78.7 Å². The number of hydrogen-bond donors (Lipinski definition) is 2. The zero-order chi connectivity index (χ0) is 17.3. The molecule has 1 fully saturated rings. The number of thioether (sulfide) groups is 1. The Hall–Kier alpha value is -0.460. The number of hydrogen-bond acceptors (Lipinski definition) is 4. The van der Waals surface area contributed by atoms with Gasteiger partial charge in [-0.25, -0.2) is 12.7 Å². The van der Waals surface area contributed by atoms with Gasteiger partial charge in [-0.15, -0.1) is 24.0 Å². The molecule has 0 unspecified atom stereocenters. The number of rotatable bonds is 8. The Morgan fingerprint density at radius 2 is 1.88 bits per heavy atom. The SMILES string of the molecule is CCNC(=NCCS(=O)(=O)N1CCSCC1)NCCn1cccc1.I. The maximum absolute atomic E-state index is 12.3. The van der Waals surface area contributed by atoms with E-state index < -0.39 is 10.0 Å². The summed E-state index contributed by atoms with van der Waals surface area (Å²) in [7, 11) is -3.20. The molecule has 0 radical (unpaired) electrons. The average molecular weight is 501 g/mol. The van der Waals surface area contributed by atoms with Crippen LogP contribution in [0.1, 0.15) is 6.92 Å². The smallest absolute Gasteiger partial charge is 0.215 e. The van der Waals surface area contributed by atoms with Crippen molar-refractivity contribution in [2.24, 2.45) is 4.99 Å². The lowest BCUT2D eigenvalue weighted by Crippen LogP contribution is -2.41. The third kappa shape index (κ3) is 8.18. The molecule has 0 amide bonds. The minimum absolute atomic E-state index is 0. The molecule has 2 rings (SSSR count). The van der Waals surface area contributed by atoms with Crippen LogP contribution >= 0.6 is 35.7 Å². The lowest BCUT2D eigenvalue weighted by atomic mass is 10.6.